The minimum Gasteiger partial charge on any atom is -0.543 e. The van der Waals surface area contributed by atoms with Crippen LogP contribution in [0.2, 0.25) is 0 Å². The van der Waals surface area contributed by atoms with Crippen molar-refractivity contribution in [1.82, 2.24) is 15.2 Å². The zero-order chi connectivity index (χ0) is 27.6. The number of fused-ring (bicyclic) bond motifs is 1. The van der Waals surface area contributed by atoms with E-state index in [0.29, 0.717) is 11.3 Å². The Labute approximate surface area is 225 Å². The molecule has 2 aromatic heterocycles. The highest BCUT2D eigenvalue weighted by Crippen LogP contribution is 2.40. The van der Waals surface area contributed by atoms with E-state index in [1.54, 1.807) is 17.0 Å². The number of nitrogen functional groups attached to an aromatic ring is 1. The van der Waals surface area contributed by atoms with Crippen molar-refractivity contribution in [2.24, 2.45) is 5.16 Å². The molecule has 2 amide bonds. The van der Waals surface area contributed by atoms with E-state index in [0.717, 1.165) is 16.2 Å². The molecule has 200 valence electrons. The number of amides is 2. The Morgan fingerprint density at radius 1 is 1.32 bits per heavy atom. The smallest absolute Gasteiger partial charge is 0.352 e. The van der Waals surface area contributed by atoms with Gasteiger partial charge in [-0.3, -0.25) is 14.5 Å². The van der Waals surface area contributed by atoms with Gasteiger partial charge in [-0.25, -0.2) is 14.3 Å². The molecule has 13 nitrogen and oxygen atoms in total. The SMILES string of the molecule is COC(=O)C(C)(C)ON=C(C(=O)NC1C(=O)N2C(C(=O)[O-])=C(C[n+]3ccccc3)CSC12)c1csc(N)n1. The molecule has 2 aromatic rings. The van der Waals surface area contributed by atoms with Crippen LogP contribution in [0.1, 0.15) is 19.5 Å². The zero-order valence-corrected chi connectivity index (χ0v) is 22.2. The van der Waals surface area contributed by atoms with Crippen LogP contribution in [-0.4, -0.2) is 69.2 Å². The van der Waals surface area contributed by atoms with Crippen molar-refractivity contribution in [1.29, 1.82) is 0 Å². The number of pyridine rings is 1. The second-order valence-corrected chi connectivity index (χ2v) is 10.7. The van der Waals surface area contributed by atoms with E-state index in [1.165, 1.54) is 38.1 Å². The lowest BCUT2D eigenvalue weighted by atomic mass is 10.0. The van der Waals surface area contributed by atoms with Crippen LogP contribution >= 0.6 is 23.1 Å². The highest BCUT2D eigenvalue weighted by Gasteiger charge is 2.53. The minimum absolute atomic E-state index is 0.0723. The minimum atomic E-state index is -1.52. The van der Waals surface area contributed by atoms with Crippen molar-refractivity contribution in [3.05, 3.63) is 52.9 Å². The number of carboxylic acids is 1. The molecule has 3 N–H and O–H groups in total. The van der Waals surface area contributed by atoms with Gasteiger partial charge < -0.3 is 30.5 Å². The molecule has 2 unspecified atom stereocenters. The molecule has 1 saturated heterocycles. The number of anilines is 1. The second kappa shape index (κ2) is 10.8. The molecule has 4 heterocycles. The largest absolute Gasteiger partial charge is 0.543 e. The molecule has 2 aliphatic heterocycles. The first-order chi connectivity index (χ1) is 18.0. The number of nitrogens with two attached hydrogens (primary N) is 1. The summed E-state index contributed by atoms with van der Waals surface area (Å²) in [5.41, 5.74) is 4.24. The maximum Gasteiger partial charge on any atom is 0.352 e. The first-order valence-corrected chi connectivity index (χ1v) is 13.1. The quantitative estimate of drug-likeness (QED) is 0.124. The van der Waals surface area contributed by atoms with E-state index < -0.39 is 40.8 Å². The maximum atomic E-state index is 13.2. The Morgan fingerprint density at radius 3 is 2.63 bits per heavy atom. The normalized spacial score (nSPS) is 19.4. The number of hydrogen-bond acceptors (Lipinski definition) is 12. The third kappa shape index (κ3) is 5.33. The van der Waals surface area contributed by atoms with E-state index in [-0.39, 0.29) is 28.8 Å². The molecular formula is C23H24N6O7S2. The molecule has 1 fully saturated rings. The van der Waals surface area contributed by atoms with Crippen LogP contribution in [0.4, 0.5) is 5.13 Å². The molecule has 0 aromatic carbocycles. The van der Waals surface area contributed by atoms with E-state index in [1.807, 2.05) is 18.2 Å². The van der Waals surface area contributed by atoms with Crippen LogP contribution in [0.3, 0.4) is 0 Å². The van der Waals surface area contributed by atoms with Crippen molar-refractivity contribution < 1.29 is 38.4 Å². The summed E-state index contributed by atoms with van der Waals surface area (Å²) in [7, 11) is 1.18. The van der Waals surface area contributed by atoms with Gasteiger partial charge in [0, 0.05) is 28.8 Å². The first kappa shape index (κ1) is 27.1. The number of nitrogens with zero attached hydrogens (tertiary/aromatic N) is 4. The van der Waals surface area contributed by atoms with E-state index >= 15 is 0 Å². The lowest BCUT2D eigenvalue weighted by Crippen LogP contribution is -2.71. The topological polar surface area (TPSA) is 180 Å². The zero-order valence-electron chi connectivity index (χ0n) is 20.6. The Bertz CT molecular complexity index is 1340. The van der Waals surface area contributed by atoms with Gasteiger partial charge in [-0.1, -0.05) is 11.2 Å². The van der Waals surface area contributed by atoms with Crippen molar-refractivity contribution in [3.8, 4) is 0 Å². The summed E-state index contributed by atoms with van der Waals surface area (Å²) in [6, 6.07) is 4.41. The van der Waals surface area contributed by atoms with Gasteiger partial charge in [-0.15, -0.1) is 23.1 Å². The number of rotatable bonds is 9. The second-order valence-electron chi connectivity index (χ2n) is 8.75. The van der Waals surface area contributed by atoms with Gasteiger partial charge in [0.15, 0.2) is 29.8 Å². The average molecular weight is 561 g/mol. The van der Waals surface area contributed by atoms with Crippen LogP contribution in [-0.2, 0) is 35.3 Å². The van der Waals surface area contributed by atoms with E-state index in [9.17, 15) is 24.3 Å². The molecule has 38 heavy (non-hydrogen) atoms. The predicted molar refractivity (Wildman–Crippen MR) is 134 cm³/mol. The summed E-state index contributed by atoms with van der Waals surface area (Å²) in [4.78, 5) is 60.7. The number of hydrogen-bond donors (Lipinski definition) is 2. The number of ether oxygens (including phenoxy) is 1. The molecular weight excluding hydrogens is 536 g/mol. The van der Waals surface area contributed by atoms with Crippen LogP contribution < -0.4 is 20.7 Å². The Morgan fingerprint density at radius 2 is 2.03 bits per heavy atom. The monoisotopic (exact) mass is 560 g/mol. The number of β-lactam (4-membered cyclic amide) rings is 1. The third-order valence-corrected chi connectivity index (χ3v) is 7.71. The summed E-state index contributed by atoms with van der Waals surface area (Å²) in [6.07, 6.45) is 3.57. The molecule has 0 saturated carbocycles. The number of carbonyl (C=O) groups is 4. The summed E-state index contributed by atoms with van der Waals surface area (Å²) in [5.74, 6) is -3.32. The fourth-order valence-corrected chi connectivity index (χ4v) is 5.69. The number of methoxy groups -OCH3 is 1. The number of carboxylic acid groups (broad SMARTS) is 1. The average Bonchev–Trinajstić information content (AvgIpc) is 3.32. The van der Waals surface area contributed by atoms with Crippen molar-refractivity contribution >= 4 is 57.7 Å². The van der Waals surface area contributed by atoms with Gasteiger partial charge in [0.25, 0.3) is 11.8 Å². The highest BCUT2D eigenvalue weighted by molar-refractivity contribution is 8.00. The Balaban J connectivity index is 1.55. The lowest BCUT2D eigenvalue weighted by Gasteiger charge is -2.50. The fraction of sp³-hybridized carbons (Fsp3) is 0.348. The van der Waals surface area contributed by atoms with Crippen LogP contribution in [0.25, 0.3) is 0 Å². The van der Waals surface area contributed by atoms with Crippen LogP contribution in [0.5, 0.6) is 0 Å². The number of oxime groups is 1. The third-order valence-electron chi connectivity index (χ3n) is 5.70. The van der Waals surface area contributed by atoms with E-state index in [2.05, 4.69) is 20.2 Å². The van der Waals surface area contributed by atoms with Gasteiger partial charge in [0.1, 0.15) is 17.1 Å². The number of thiazole rings is 1. The number of aliphatic carboxylic acids is 1. The number of nitrogens with one attached hydrogen (secondary N) is 1. The molecule has 0 radical (unpaired) electrons. The van der Waals surface area contributed by atoms with Crippen molar-refractivity contribution in [2.45, 2.75) is 37.4 Å². The summed E-state index contributed by atoms with van der Waals surface area (Å²) >= 11 is 2.37. The molecule has 0 spiro atoms. The van der Waals surface area contributed by atoms with Gasteiger partial charge in [-0.05, 0) is 13.8 Å². The standard InChI is InChI=1S/C23H24N6O7S2/c1-23(2,21(34)35-3)36-27-14(13-11-38-22(24)25-13)17(30)26-15-18(31)29-16(20(32)33)12(10-37-19(15)29)9-28-7-5-4-6-8-28/h4-8,11,15,19H,9-10H2,1-3H3,(H3-,24,25,26,30,32,33). The predicted octanol–water partition coefficient (Wildman–Crippen LogP) is -1.21. The van der Waals surface area contributed by atoms with Gasteiger partial charge >= 0.3 is 5.97 Å². The van der Waals surface area contributed by atoms with Crippen molar-refractivity contribution in [2.75, 3.05) is 18.6 Å². The van der Waals surface area contributed by atoms with Gasteiger partial charge in [0.05, 0.1) is 18.8 Å². The van der Waals surface area contributed by atoms with Crippen LogP contribution in [0, 0.1) is 0 Å². The fourth-order valence-electron chi connectivity index (χ4n) is 3.81. The number of aromatic nitrogens is 2. The molecule has 4 rings (SSSR count). The van der Waals surface area contributed by atoms with Gasteiger partial charge in [-0.2, -0.15) is 0 Å². The van der Waals surface area contributed by atoms with Gasteiger partial charge in [0.2, 0.25) is 5.60 Å². The highest BCUT2D eigenvalue weighted by atomic mass is 32.2. The molecule has 0 bridgehead atoms. The summed E-state index contributed by atoms with van der Waals surface area (Å²) in [6.45, 7) is 3.07. The summed E-state index contributed by atoms with van der Waals surface area (Å²) in [5, 5.41) is 19.4. The molecule has 15 heteroatoms. The number of thioether (sulfide) groups is 1. The van der Waals surface area contributed by atoms with Crippen LogP contribution in [0.15, 0.2) is 52.4 Å². The maximum absolute atomic E-state index is 13.2. The Kier molecular flexibility index (Phi) is 7.68. The van der Waals surface area contributed by atoms with E-state index in [4.69, 9.17) is 10.6 Å². The molecule has 2 atom stereocenters. The molecule has 0 aliphatic carbocycles. The lowest BCUT2D eigenvalue weighted by molar-refractivity contribution is -0.689. The number of carbonyl (C=O) groups excluding carboxylic acids is 4. The van der Waals surface area contributed by atoms with Crippen molar-refractivity contribution in [3.63, 3.8) is 0 Å². The summed E-state index contributed by atoms with van der Waals surface area (Å²) < 4.78 is 6.47. The Hall–Kier alpha value is -3.98. The molecule has 2 aliphatic rings. The first-order valence-electron chi connectivity index (χ1n) is 11.2. The number of esters is 1.